The van der Waals surface area contributed by atoms with Crippen molar-refractivity contribution in [2.24, 2.45) is 4.99 Å². The zero-order chi connectivity index (χ0) is 21.9. The summed E-state index contributed by atoms with van der Waals surface area (Å²) in [5.74, 6) is 1.25. The fourth-order valence-corrected chi connectivity index (χ4v) is 3.98. The summed E-state index contributed by atoms with van der Waals surface area (Å²) < 4.78 is 11.4. The van der Waals surface area contributed by atoms with Gasteiger partial charge < -0.3 is 19.7 Å². The summed E-state index contributed by atoms with van der Waals surface area (Å²) in [6.07, 6.45) is 3.28. The van der Waals surface area contributed by atoms with Crippen molar-refractivity contribution < 1.29 is 9.47 Å². The molecule has 2 aromatic heterocycles. The Hall–Kier alpha value is -3.43. The SMILES string of the molecule is CN1CCOC1=Nc1ccc2ncnc(Nc3ccc(OCc4nccs4)c(Cl)c3)c2c1. The summed E-state index contributed by atoms with van der Waals surface area (Å²) in [5, 5.41) is 7.47. The van der Waals surface area contributed by atoms with E-state index in [1.807, 2.05) is 47.7 Å². The number of amidine groups is 1. The molecule has 0 saturated carbocycles. The van der Waals surface area contributed by atoms with E-state index in [2.05, 4.69) is 25.3 Å². The number of benzene rings is 2. The van der Waals surface area contributed by atoms with E-state index in [1.54, 1.807) is 12.3 Å². The maximum atomic E-state index is 6.44. The van der Waals surface area contributed by atoms with Gasteiger partial charge in [-0.1, -0.05) is 11.6 Å². The van der Waals surface area contributed by atoms with Crippen molar-refractivity contribution in [1.82, 2.24) is 19.9 Å². The average Bonchev–Trinajstić information content (AvgIpc) is 3.46. The standard InChI is InChI=1S/C22H19ClN6O2S/c1-29-7-8-30-22(29)28-14-2-4-18-16(10-14)21(26-13-25-18)27-15-3-5-19(17(23)11-15)31-12-20-24-6-9-32-20/h2-6,9-11,13H,7-8,12H2,1H3,(H,25,26,27). The first-order chi connectivity index (χ1) is 15.7. The molecule has 0 bridgehead atoms. The first-order valence-electron chi connectivity index (χ1n) is 9.91. The number of fused-ring (bicyclic) bond motifs is 1. The van der Waals surface area contributed by atoms with Crippen LogP contribution in [-0.4, -0.2) is 46.1 Å². The molecule has 5 rings (SSSR count). The predicted octanol–water partition coefficient (Wildman–Crippen LogP) is 5.01. The highest BCUT2D eigenvalue weighted by molar-refractivity contribution is 7.09. The number of nitrogens with one attached hydrogen (secondary N) is 1. The second-order valence-electron chi connectivity index (χ2n) is 7.07. The van der Waals surface area contributed by atoms with Crippen LogP contribution in [0.3, 0.4) is 0 Å². The molecule has 0 amide bonds. The lowest BCUT2D eigenvalue weighted by Crippen LogP contribution is -2.19. The number of rotatable bonds is 6. The third-order valence-electron chi connectivity index (χ3n) is 4.86. The molecular formula is C22H19ClN6O2S. The highest BCUT2D eigenvalue weighted by Gasteiger charge is 2.16. The highest BCUT2D eigenvalue weighted by atomic mass is 35.5. The molecule has 0 atom stereocenters. The summed E-state index contributed by atoms with van der Waals surface area (Å²) in [4.78, 5) is 19.6. The summed E-state index contributed by atoms with van der Waals surface area (Å²) >= 11 is 7.98. The Labute approximate surface area is 193 Å². The van der Waals surface area contributed by atoms with Gasteiger partial charge in [0.1, 0.15) is 36.1 Å². The van der Waals surface area contributed by atoms with Gasteiger partial charge in [0.25, 0.3) is 6.02 Å². The monoisotopic (exact) mass is 466 g/mol. The lowest BCUT2D eigenvalue weighted by Gasteiger charge is -2.12. The zero-order valence-electron chi connectivity index (χ0n) is 17.2. The van der Waals surface area contributed by atoms with Crippen LogP contribution in [0.5, 0.6) is 5.75 Å². The zero-order valence-corrected chi connectivity index (χ0v) is 18.7. The van der Waals surface area contributed by atoms with Gasteiger partial charge in [0.05, 0.1) is 22.8 Å². The highest BCUT2D eigenvalue weighted by Crippen LogP contribution is 2.32. The minimum Gasteiger partial charge on any atom is -0.485 e. The minimum atomic E-state index is 0.380. The van der Waals surface area contributed by atoms with Crippen LogP contribution < -0.4 is 10.1 Å². The van der Waals surface area contributed by atoms with E-state index < -0.39 is 0 Å². The second-order valence-corrected chi connectivity index (χ2v) is 8.46. The molecule has 0 spiro atoms. The first-order valence-corrected chi connectivity index (χ1v) is 11.2. The van der Waals surface area contributed by atoms with E-state index >= 15 is 0 Å². The first kappa shape index (κ1) is 20.5. The molecular weight excluding hydrogens is 448 g/mol. The molecule has 1 fully saturated rings. The summed E-state index contributed by atoms with van der Waals surface area (Å²) in [5.41, 5.74) is 2.36. The predicted molar refractivity (Wildman–Crippen MR) is 126 cm³/mol. The third-order valence-corrected chi connectivity index (χ3v) is 5.91. The lowest BCUT2D eigenvalue weighted by atomic mass is 10.2. The van der Waals surface area contributed by atoms with Crippen molar-refractivity contribution in [3.05, 3.63) is 64.3 Å². The van der Waals surface area contributed by atoms with Gasteiger partial charge in [0.2, 0.25) is 0 Å². The molecule has 1 N–H and O–H groups in total. The van der Waals surface area contributed by atoms with Crippen LogP contribution in [0.2, 0.25) is 5.02 Å². The van der Waals surface area contributed by atoms with Gasteiger partial charge in [-0.3, -0.25) is 0 Å². The van der Waals surface area contributed by atoms with Crippen molar-refractivity contribution in [2.45, 2.75) is 6.61 Å². The number of thiazole rings is 1. The van der Waals surface area contributed by atoms with Crippen molar-refractivity contribution >= 4 is 57.1 Å². The van der Waals surface area contributed by atoms with Crippen molar-refractivity contribution in [2.75, 3.05) is 25.5 Å². The minimum absolute atomic E-state index is 0.380. The van der Waals surface area contributed by atoms with Crippen LogP contribution in [0, 0.1) is 0 Å². The normalized spacial score (nSPS) is 14.7. The quantitative estimate of drug-likeness (QED) is 0.427. The largest absolute Gasteiger partial charge is 0.485 e. The number of likely N-dealkylation sites (N-methyl/N-ethyl adjacent to an activating group) is 1. The molecule has 32 heavy (non-hydrogen) atoms. The van der Waals surface area contributed by atoms with Gasteiger partial charge in [-0.25, -0.2) is 15.0 Å². The maximum Gasteiger partial charge on any atom is 0.292 e. The number of aliphatic imine (C=N–C) groups is 1. The van der Waals surface area contributed by atoms with Crippen LogP contribution in [0.15, 0.2) is 59.3 Å². The van der Waals surface area contributed by atoms with Crippen LogP contribution in [0.1, 0.15) is 5.01 Å². The molecule has 162 valence electrons. The smallest absolute Gasteiger partial charge is 0.292 e. The molecule has 8 nitrogen and oxygen atoms in total. The molecule has 0 aliphatic carbocycles. The Morgan fingerprint density at radius 2 is 2.16 bits per heavy atom. The van der Waals surface area contributed by atoms with Crippen molar-refractivity contribution in [1.29, 1.82) is 0 Å². The van der Waals surface area contributed by atoms with E-state index in [0.29, 0.717) is 35.8 Å². The number of nitrogens with zero attached hydrogens (tertiary/aromatic N) is 5. The maximum absolute atomic E-state index is 6.44. The average molecular weight is 467 g/mol. The van der Waals surface area contributed by atoms with E-state index in [1.165, 1.54) is 17.7 Å². The molecule has 1 saturated heterocycles. The van der Waals surface area contributed by atoms with Gasteiger partial charge in [-0.15, -0.1) is 11.3 Å². The van der Waals surface area contributed by atoms with E-state index in [-0.39, 0.29) is 0 Å². The molecule has 1 aliphatic heterocycles. The number of hydrogen-bond donors (Lipinski definition) is 1. The van der Waals surface area contributed by atoms with Gasteiger partial charge in [0, 0.05) is 29.7 Å². The van der Waals surface area contributed by atoms with Gasteiger partial charge in [-0.05, 0) is 36.4 Å². The molecule has 4 aromatic rings. The Balaban J connectivity index is 1.38. The van der Waals surface area contributed by atoms with Crippen LogP contribution in [0.25, 0.3) is 10.9 Å². The van der Waals surface area contributed by atoms with E-state index in [9.17, 15) is 0 Å². The lowest BCUT2D eigenvalue weighted by molar-refractivity contribution is 0.306. The number of aromatic nitrogens is 3. The van der Waals surface area contributed by atoms with Crippen molar-refractivity contribution in [3.8, 4) is 5.75 Å². The van der Waals surface area contributed by atoms with Gasteiger partial charge >= 0.3 is 0 Å². The fraction of sp³-hybridized carbons (Fsp3) is 0.182. The van der Waals surface area contributed by atoms with Crippen LogP contribution in [0.4, 0.5) is 17.2 Å². The number of ether oxygens (including phenoxy) is 2. The Morgan fingerprint density at radius 3 is 2.94 bits per heavy atom. The van der Waals surface area contributed by atoms with Gasteiger partial charge in [0.15, 0.2) is 0 Å². The van der Waals surface area contributed by atoms with Crippen LogP contribution in [-0.2, 0) is 11.3 Å². The molecule has 3 heterocycles. The van der Waals surface area contributed by atoms with Crippen molar-refractivity contribution in [3.63, 3.8) is 0 Å². The number of halogens is 1. The topological polar surface area (TPSA) is 84.8 Å². The summed E-state index contributed by atoms with van der Waals surface area (Å²) in [7, 11) is 1.96. The van der Waals surface area contributed by atoms with Crippen LogP contribution >= 0.6 is 22.9 Å². The molecule has 2 aromatic carbocycles. The fourth-order valence-electron chi connectivity index (χ4n) is 3.22. The third kappa shape index (κ3) is 4.44. The summed E-state index contributed by atoms with van der Waals surface area (Å²) in [6.45, 7) is 1.85. The summed E-state index contributed by atoms with van der Waals surface area (Å²) in [6, 6.07) is 11.9. The molecule has 0 unspecified atom stereocenters. The molecule has 10 heteroatoms. The number of hydrogen-bond acceptors (Lipinski definition) is 8. The van der Waals surface area contributed by atoms with E-state index in [0.717, 1.165) is 33.8 Å². The second kappa shape index (κ2) is 8.97. The Bertz CT molecular complexity index is 1280. The Morgan fingerprint density at radius 1 is 1.22 bits per heavy atom. The van der Waals surface area contributed by atoms with Gasteiger partial charge in [-0.2, -0.15) is 4.99 Å². The van der Waals surface area contributed by atoms with E-state index in [4.69, 9.17) is 21.1 Å². The Kier molecular flexibility index (Phi) is 5.74. The number of anilines is 2. The molecule has 1 aliphatic rings. The molecule has 0 radical (unpaired) electrons.